The number of rotatable bonds is 5. The van der Waals surface area contributed by atoms with Gasteiger partial charge in [-0.05, 0) is 31.9 Å². The Morgan fingerprint density at radius 2 is 2.04 bits per heavy atom. The Morgan fingerprint density at radius 1 is 1.39 bits per heavy atom. The van der Waals surface area contributed by atoms with Crippen LogP contribution in [-0.2, 0) is 14.3 Å². The Labute approximate surface area is 133 Å². The predicted octanol–water partition coefficient (Wildman–Crippen LogP) is 2.43. The largest absolute Gasteiger partial charge is 0.479 e. The molecular formula is C16H20FNO5. The number of aliphatic carboxylic acids is 1. The zero-order valence-electron chi connectivity index (χ0n) is 13.1. The van der Waals surface area contributed by atoms with E-state index in [2.05, 4.69) is 5.32 Å². The molecule has 1 aliphatic rings. The van der Waals surface area contributed by atoms with Gasteiger partial charge in [0.25, 0.3) is 0 Å². The second-order valence-corrected chi connectivity index (χ2v) is 5.87. The maximum atomic E-state index is 14.0. The lowest BCUT2D eigenvalue weighted by atomic mass is 9.81. The van der Waals surface area contributed by atoms with Crippen LogP contribution in [-0.4, -0.2) is 36.3 Å². The highest BCUT2D eigenvalue weighted by Gasteiger charge is 2.35. The maximum Gasteiger partial charge on any atom is 0.344 e. The van der Waals surface area contributed by atoms with Crippen molar-refractivity contribution in [3.8, 4) is 5.75 Å². The summed E-state index contributed by atoms with van der Waals surface area (Å²) in [7, 11) is 0. The highest BCUT2D eigenvalue weighted by molar-refractivity contribution is 5.95. The van der Waals surface area contributed by atoms with Gasteiger partial charge in [0.05, 0.1) is 5.41 Å². The van der Waals surface area contributed by atoms with Gasteiger partial charge in [0.15, 0.2) is 17.7 Å². The van der Waals surface area contributed by atoms with Gasteiger partial charge in [0, 0.05) is 25.0 Å². The molecule has 0 aromatic heterocycles. The molecule has 0 spiro atoms. The standard InChI is InChI=1S/C16H20FNO5/c1-10(14(19)20)23-13-4-3-11(9-12(13)17)18-15(21)16(2)5-7-22-8-6-16/h3-4,9-10H,5-8H2,1-2H3,(H,18,21)(H,19,20). The molecule has 1 amide bonds. The molecule has 1 unspecified atom stereocenters. The summed E-state index contributed by atoms with van der Waals surface area (Å²) in [6.45, 7) is 4.22. The third-order valence-corrected chi connectivity index (χ3v) is 3.99. The molecule has 1 saturated heterocycles. The Bertz CT molecular complexity index is 598. The number of hydrogen-bond donors (Lipinski definition) is 2. The minimum absolute atomic E-state index is 0.171. The first kappa shape index (κ1) is 17.2. The van der Waals surface area contributed by atoms with E-state index in [4.69, 9.17) is 14.6 Å². The summed E-state index contributed by atoms with van der Waals surface area (Å²) in [5, 5.41) is 11.5. The molecule has 1 heterocycles. The van der Waals surface area contributed by atoms with E-state index in [-0.39, 0.29) is 11.7 Å². The molecular weight excluding hydrogens is 305 g/mol. The Kier molecular flexibility index (Phi) is 5.20. The summed E-state index contributed by atoms with van der Waals surface area (Å²) in [5.74, 6) is -2.27. The minimum atomic E-state index is -1.19. The van der Waals surface area contributed by atoms with Gasteiger partial charge in [-0.25, -0.2) is 9.18 Å². The molecule has 126 valence electrons. The molecule has 1 atom stereocenters. The minimum Gasteiger partial charge on any atom is -0.479 e. The number of carboxylic acids is 1. The van der Waals surface area contributed by atoms with Crippen molar-refractivity contribution in [2.75, 3.05) is 18.5 Å². The lowest BCUT2D eigenvalue weighted by Gasteiger charge is -2.32. The Balaban J connectivity index is 2.05. The van der Waals surface area contributed by atoms with Crippen LogP contribution in [0.15, 0.2) is 18.2 Å². The first-order valence-electron chi connectivity index (χ1n) is 7.40. The van der Waals surface area contributed by atoms with Crippen molar-refractivity contribution >= 4 is 17.6 Å². The van der Waals surface area contributed by atoms with Crippen molar-refractivity contribution in [3.05, 3.63) is 24.0 Å². The van der Waals surface area contributed by atoms with Gasteiger partial charge in [0.1, 0.15) is 0 Å². The highest BCUT2D eigenvalue weighted by Crippen LogP contribution is 2.32. The Hall–Kier alpha value is -2.15. The van der Waals surface area contributed by atoms with Gasteiger partial charge in [-0.1, -0.05) is 6.92 Å². The van der Waals surface area contributed by atoms with E-state index in [1.807, 2.05) is 6.92 Å². The molecule has 2 rings (SSSR count). The number of amides is 1. The van der Waals surface area contributed by atoms with Gasteiger partial charge in [-0.2, -0.15) is 0 Å². The molecule has 0 saturated carbocycles. The predicted molar refractivity (Wildman–Crippen MR) is 80.9 cm³/mol. The zero-order valence-corrected chi connectivity index (χ0v) is 13.1. The second kappa shape index (κ2) is 6.95. The van der Waals surface area contributed by atoms with E-state index in [1.54, 1.807) is 0 Å². The first-order chi connectivity index (χ1) is 10.8. The monoisotopic (exact) mass is 325 g/mol. The SMILES string of the molecule is CC(Oc1ccc(NC(=O)C2(C)CCOCC2)cc1F)C(=O)O. The lowest BCUT2D eigenvalue weighted by molar-refractivity contribution is -0.144. The van der Waals surface area contributed by atoms with Crippen LogP contribution in [0, 0.1) is 11.2 Å². The molecule has 7 heteroatoms. The summed E-state index contributed by atoms with van der Waals surface area (Å²) in [5.41, 5.74) is -0.239. The number of ether oxygens (including phenoxy) is 2. The normalized spacial score (nSPS) is 18.0. The van der Waals surface area contributed by atoms with Crippen molar-refractivity contribution in [3.63, 3.8) is 0 Å². The highest BCUT2D eigenvalue weighted by atomic mass is 19.1. The van der Waals surface area contributed by atoms with Crippen LogP contribution >= 0.6 is 0 Å². The summed E-state index contributed by atoms with van der Waals surface area (Å²) >= 11 is 0. The molecule has 1 aromatic carbocycles. The fraction of sp³-hybridized carbons (Fsp3) is 0.500. The molecule has 1 fully saturated rings. The second-order valence-electron chi connectivity index (χ2n) is 5.87. The van der Waals surface area contributed by atoms with E-state index < -0.39 is 23.3 Å². The van der Waals surface area contributed by atoms with Gasteiger partial charge in [0.2, 0.25) is 5.91 Å². The molecule has 1 aliphatic heterocycles. The van der Waals surface area contributed by atoms with Gasteiger partial charge < -0.3 is 19.9 Å². The summed E-state index contributed by atoms with van der Waals surface area (Å²) in [4.78, 5) is 23.1. The number of carbonyl (C=O) groups excluding carboxylic acids is 1. The van der Waals surface area contributed by atoms with Crippen molar-refractivity contribution in [1.82, 2.24) is 0 Å². The number of halogens is 1. The number of nitrogens with one attached hydrogen (secondary N) is 1. The van der Waals surface area contributed by atoms with E-state index in [0.29, 0.717) is 31.7 Å². The molecule has 0 bridgehead atoms. The smallest absolute Gasteiger partial charge is 0.344 e. The fourth-order valence-corrected chi connectivity index (χ4v) is 2.25. The molecule has 2 N–H and O–H groups in total. The van der Waals surface area contributed by atoms with Crippen LogP contribution in [0.2, 0.25) is 0 Å². The quantitative estimate of drug-likeness (QED) is 0.868. The molecule has 6 nitrogen and oxygen atoms in total. The number of hydrogen-bond acceptors (Lipinski definition) is 4. The number of anilines is 1. The van der Waals surface area contributed by atoms with Crippen molar-refractivity contribution in [1.29, 1.82) is 0 Å². The van der Waals surface area contributed by atoms with Gasteiger partial charge in [-0.3, -0.25) is 4.79 Å². The van der Waals surface area contributed by atoms with Crippen LogP contribution in [0.25, 0.3) is 0 Å². The zero-order chi connectivity index (χ0) is 17.0. The number of benzene rings is 1. The first-order valence-corrected chi connectivity index (χ1v) is 7.40. The van der Waals surface area contributed by atoms with Gasteiger partial charge in [-0.15, -0.1) is 0 Å². The topological polar surface area (TPSA) is 84.9 Å². The number of carbonyl (C=O) groups is 2. The van der Waals surface area contributed by atoms with Crippen molar-refractivity contribution in [2.45, 2.75) is 32.8 Å². The maximum absolute atomic E-state index is 14.0. The molecule has 0 aliphatic carbocycles. The third kappa shape index (κ3) is 4.19. The van der Waals surface area contributed by atoms with E-state index >= 15 is 0 Å². The average molecular weight is 325 g/mol. The molecule has 23 heavy (non-hydrogen) atoms. The van der Waals surface area contributed by atoms with E-state index in [1.165, 1.54) is 19.1 Å². The van der Waals surface area contributed by atoms with Gasteiger partial charge >= 0.3 is 5.97 Å². The Morgan fingerprint density at radius 3 is 2.61 bits per heavy atom. The summed E-state index contributed by atoms with van der Waals surface area (Å²) < 4.78 is 24.2. The van der Waals surface area contributed by atoms with E-state index in [0.717, 1.165) is 6.07 Å². The van der Waals surface area contributed by atoms with Crippen LogP contribution < -0.4 is 10.1 Å². The van der Waals surface area contributed by atoms with Crippen LogP contribution in [0.5, 0.6) is 5.75 Å². The molecule has 1 aromatic rings. The summed E-state index contributed by atoms with van der Waals surface area (Å²) in [6, 6.07) is 3.90. The third-order valence-electron chi connectivity index (χ3n) is 3.99. The van der Waals surface area contributed by atoms with E-state index in [9.17, 15) is 14.0 Å². The fourth-order valence-electron chi connectivity index (χ4n) is 2.25. The van der Waals surface area contributed by atoms with Crippen molar-refractivity contribution < 1.29 is 28.6 Å². The van der Waals surface area contributed by atoms with Crippen molar-refractivity contribution in [2.24, 2.45) is 5.41 Å². The summed E-state index contributed by atoms with van der Waals surface area (Å²) in [6.07, 6.45) is 0.0585. The van der Waals surface area contributed by atoms with Crippen LogP contribution in [0.1, 0.15) is 26.7 Å². The molecule has 0 radical (unpaired) electrons. The number of carboxylic acid groups (broad SMARTS) is 1. The lowest BCUT2D eigenvalue weighted by Crippen LogP contribution is -2.38. The van der Waals surface area contributed by atoms with Crippen LogP contribution in [0.4, 0.5) is 10.1 Å². The van der Waals surface area contributed by atoms with Crippen LogP contribution in [0.3, 0.4) is 0 Å². The average Bonchev–Trinajstić information content (AvgIpc) is 2.50.